The molecule has 2 aromatic heterocycles. The zero-order valence-electron chi connectivity index (χ0n) is 17.9. The second kappa shape index (κ2) is 8.24. The maximum Gasteiger partial charge on any atom is 0.339 e. The number of nitrogens with zero attached hydrogens (tertiary/aromatic N) is 1. The second-order valence-corrected chi connectivity index (χ2v) is 7.76. The van der Waals surface area contributed by atoms with Gasteiger partial charge in [0.05, 0.1) is 16.8 Å². The van der Waals surface area contributed by atoms with Crippen LogP contribution in [0.25, 0.3) is 33.1 Å². The quantitative estimate of drug-likeness (QED) is 0.319. The minimum atomic E-state index is -0.716. The van der Waals surface area contributed by atoms with E-state index in [-0.39, 0.29) is 11.3 Å². The summed E-state index contributed by atoms with van der Waals surface area (Å²) >= 11 is 0. The number of Topliss-reactive ketones (excluding diaryl/α,β-unsaturated/α-hetero) is 1. The third kappa shape index (κ3) is 3.61. The highest BCUT2D eigenvalue weighted by molar-refractivity contribution is 6.15. The Labute approximate surface area is 189 Å². The number of hydrogen-bond acceptors (Lipinski definition) is 4. The maximum atomic E-state index is 13.4. The van der Waals surface area contributed by atoms with E-state index in [9.17, 15) is 14.4 Å². The molecule has 0 bridgehead atoms. The average molecular weight is 436 g/mol. The van der Waals surface area contributed by atoms with Gasteiger partial charge in [0.1, 0.15) is 0 Å². The first-order chi connectivity index (χ1) is 16.0. The Hall–Kier alpha value is -4.45. The highest BCUT2D eigenvalue weighted by Crippen LogP contribution is 2.33. The van der Waals surface area contributed by atoms with Crippen molar-refractivity contribution < 1.29 is 14.3 Å². The molecule has 3 aromatic carbocycles. The van der Waals surface area contributed by atoms with Crippen molar-refractivity contribution in [2.45, 2.75) is 0 Å². The monoisotopic (exact) mass is 436 g/mol. The minimum Gasteiger partial charge on any atom is -0.454 e. The number of fused-ring (bicyclic) bond motifs is 2. The van der Waals surface area contributed by atoms with Gasteiger partial charge in [0.25, 0.3) is 0 Å². The van der Waals surface area contributed by atoms with Crippen LogP contribution in [0.15, 0.2) is 89.7 Å². The number of aryl methyl sites for hydroxylation is 1. The van der Waals surface area contributed by atoms with Crippen LogP contribution >= 0.6 is 0 Å². The molecule has 0 saturated heterocycles. The Morgan fingerprint density at radius 1 is 0.879 bits per heavy atom. The van der Waals surface area contributed by atoms with Gasteiger partial charge in [-0.3, -0.25) is 9.59 Å². The highest BCUT2D eigenvalue weighted by Gasteiger charge is 2.23. The van der Waals surface area contributed by atoms with Gasteiger partial charge in [-0.2, -0.15) is 0 Å². The summed E-state index contributed by atoms with van der Waals surface area (Å²) in [4.78, 5) is 40.9. The summed E-state index contributed by atoms with van der Waals surface area (Å²) in [5, 5.41) is 1.35. The van der Waals surface area contributed by atoms with Crippen molar-refractivity contribution in [2.75, 3.05) is 6.61 Å². The third-order valence-corrected chi connectivity index (χ3v) is 5.74. The van der Waals surface area contributed by atoms with Gasteiger partial charge in [-0.15, -0.1) is 0 Å². The Bertz CT molecular complexity index is 1580. The number of para-hydroxylation sites is 2. The summed E-state index contributed by atoms with van der Waals surface area (Å²) in [7, 11) is 1.91. The summed E-state index contributed by atoms with van der Waals surface area (Å²) < 4.78 is 7.38. The van der Waals surface area contributed by atoms with Gasteiger partial charge in [-0.1, -0.05) is 66.7 Å². The summed E-state index contributed by atoms with van der Waals surface area (Å²) in [5.74, 6) is -1.03. The van der Waals surface area contributed by atoms with Gasteiger partial charge in [-0.05, 0) is 17.7 Å². The number of rotatable bonds is 5. The van der Waals surface area contributed by atoms with Crippen molar-refractivity contribution in [3.8, 4) is 11.3 Å². The van der Waals surface area contributed by atoms with Crippen molar-refractivity contribution in [1.82, 2.24) is 9.55 Å². The molecular formula is C27H20N2O4. The molecule has 6 nitrogen and oxygen atoms in total. The zero-order chi connectivity index (χ0) is 22.9. The molecule has 0 aliphatic carbocycles. The van der Waals surface area contributed by atoms with E-state index in [2.05, 4.69) is 4.98 Å². The number of nitrogens with one attached hydrogen (secondary N) is 1. The first kappa shape index (κ1) is 20.5. The summed E-state index contributed by atoms with van der Waals surface area (Å²) in [5.41, 5.74) is 3.32. The molecule has 1 N–H and O–H groups in total. The van der Waals surface area contributed by atoms with E-state index in [1.165, 1.54) is 6.07 Å². The molecule has 0 aliphatic rings. The van der Waals surface area contributed by atoms with Crippen molar-refractivity contribution in [3.63, 3.8) is 0 Å². The standard InChI is InChI=1S/C27H20N2O4/c1-29-22-14-8-6-12-19(22)25(26(29)17-9-3-2-4-10-17)23(30)16-33-27(32)20-15-24(31)28-21-13-7-5-11-18(20)21/h2-15H,16H2,1H3,(H,28,31). The van der Waals surface area contributed by atoms with E-state index in [0.29, 0.717) is 16.5 Å². The third-order valence-electron chi connectivity index (χ3n) is 5.74. The molecule has 2 heterocycles. The summed E-state index contributed by atoms with van der Waals surface area (Å²) in [6.07, 6.45) is 0. The second-order valence-electron chi connectivity index (χ2n) is 7.76. The van der Waals surface area contributed by atoms with Gasteiger partial charge in [0.2, 0.25) is 11.3 Å². The number of aromatic amines is 1. The predicted molar refractivity (Wildman–Crippen MR) is 128 cm³/mol. The Morgan fingerprint density at radius 2 is 1.55 bits per heavy atom. The SMILES string of the molecule is Cn1c(-c2ccccc2)c(C(=O)COC(=O)c2cc(=O)[nH]c3ccccc23)c2ccccc21. The first-order valence-corrected chi connectivity index (χ1v) is 10.5. The van der Waals surface area contributed by atoms with E-state index in [1.54, 1.807) is 24.3 Å². The molecule has 5 rings (SSSR count). The van der Waals surface area contributed by atoms with Crippen molar-refractivity contribution in [1.29, 1.82) is 0 Å². The number of ether oxygens (including phenoxy) is 1. The molecule has 0 fully saturated rings. The Kier molecular flexibility index (Phi) is 5.11. The summed E-state index contributed by atoms with van der Waals surface area (Å²) in [6, 6.07) is 25.4. The van der Waals surface area contributed by atoms with Crippen LogP contribution in [0, 0.1) is 0 Å². The normalized spacial score (nSPS) is 11.1. The number of ketones is 1. The van der Waals surface area contributed by atoms with Crippen LogP contribution < -0.4 is 5.56 Å². The fraction of sp³-hybridized carbons (Fsp3) is 0.0741. The molecule has 33 heavy (non-hydrogen) atoms. The van der Waals surface area contributed by atoms with E-state index < -0.39 is 18.1 Å². The minimum absolute atomic E-state index is 0.128. The van der Waals surface area contributed by atoms with E-state index in [4.69, 9.17) is 4.74 Å². The van der Waals surface area contributed by atoms with Crippen LogP contribution in [-0.4, -0.2) is 27.9 Å². The van der Waals surface area contributed by atoms with Crippen molar-refractivity contribution >= 4 is 33.6 Å². The number of pyridine rings is 1. The number of benzene rings is 3. The van der Waals surface area contributed by atoms with Crippen molar-refractivity contribution in [3.05, 3.63) is 106 Å². The van der Waals surface area contributed by atoms with Gasteiger partial charge in [-0.25, -0.2) is 4.79 Å². The summed E-state index contributed by atoms with van der Waals surface area (Å²) in [6.45, 7) is -0.437. The zero-order valence-corrected chi connectivity index (χ0v) is 17.9. The largest absolute Gasteiger partial charge is 0.454 e. The molecular weight excluding hydrogens is 416 g/mol. The number of hydrogen-bond donors (Lipinski definition) is 1. The lowest BCUT2D eigenvalue weighted by Gasteiger charge is -2.09. The predicted octanol–water partition coefficient (Wildman–Crippen LogP) is 4.73. The van der Waals surface area contributed by atoms with Crippen LogP contribution in [0.1, 0.15) is 20.7 Å². The number of aromatic nitrogens is 2. The molecule has 6 heteroatoms. The van der Waals surface area contributed by atoms with Crippen LogP contribution in [0.4, 0.5) is 0 Å². The number of carbonyl (C=O) groups is 2. The Morgan fingerprint density at radius 3 is 2.33 bits per heavy atom. The maximum absolute atomic E-state index is 13.4. The van der Waals surface area contributed by atoms with Crippen LogP contribution in [-0.2, 0) is 11.8 Å². The van der Waals surface area contributed by atoms with Gasteiger partial charge >= 0.3 is 5.97 Å². The van der Waals surface area contributed by atoms with Gasteiger partial charge < -0.3 is 14.3 Å². The number of H-pyrrole nitrogens is 1. The fourth-order valence-electron chi connectivity index (χ4n) is 4.26. The van der Waals surface area contributed by atoms with Crippen LogP contribution in [0.3, 0.4) is 0 Å². The lowest BCUT2D eigenvalue weighted by Crippen LogP contribution is -2.17. The molecule has 0 radical (unpaired) electrons. The van der Waals surface area contributed by atoms with Crippen LogP contribution in [0.2, 0.25) is 0 Å². The number of esters is 1. The van der Waals surface area contributed by atoms with E-state index in [0.717, 1.165) is 22.2 Å². The molecule has 0 atom stereocenters. The number of carbonyl (C=O) groups excluding carboxylic acids is 2. The molecule has 0 amide bonds. The van der Waals surface area contributed by atoms with E-state index in [1.807, 2.05) is 66.2 Å². The molecule has 0 saturated carbocycles. The molecule has 0 unspecified atom stereocenters. The first-order valence-electron chi connectivity index (χ1n) is 10.5. The lowest BCUT2D eigenvalue weighted by molar-refractivity contribution is 0.0477. The van der Waals surface area contributed by atoms with Gasteiger partial charge in [0.15, 0.2) is 6.61 Å². The smallest absolute Gasteiger partial charge is 0.339 e. The van der Waals surface area contributed by atoms with Gasteiger partial charge in [0, 0.05) is 34.9 Å². The Balaban J connectivity index is 1.51. The topological polar surface area (TPSA) is 81.2 Å². The molecule has 0 spiro atoms. The van der Waals surface area contributed by atoms with E-state index >= 15 is 0 Å². The van der Waals surface area contributed by atoms with Crippen molar-refractivity contribution in [2.24, 2.45) is 7.05 Å². The molecule has 0 aliphatic heterocycles. The lowest BCUT2D eigenvalue weighted by atomic mass is 10.0. The fourth-order valence-corrected chi connectivity index (χ4v) is 4.26. The highest BCUT2D eigenvalue weighted by atomic mass is 16.5. The molecule has 5 aromatic rings. The van der Waals surface area contributed by atoms with Crippen LogP contribution in [0.5, 0.6) is 0 Å². The molecule has 162 valence electrons. The average Bonchev–Trinajstić information content (AvgIpc) is 3.15.